The molecule has 2 heterocycles. The number of para-hydroxylation sites is 1. The van der Waals surface area contributed by atoms with Crippen LogP contribution in [-0.4, -0.2) is 16.0 Å². The molecule has 1 saturated carbocycles. The molecule has 0 unspecified atom stereocenters. The van der Waals surface area contributed by atoms with Gasteiger partial charge < -0.3 is 10.3 Å². The monoisotopic (exact) mass is 277 g/mol. The molecule has 0 aliphatic heterocycles. The standard InChI is InChI=1S/C18H19N3/c1-2-8-14(7-1)20-16-10-5-6-13-12-17(21-18(13)16)15-9-3-4-11-19-15/h3-6,9-12,14,20-21H,1-2,7-8H2. The minimum Gasteiger partial charge on any atom is -0.381 e. The van der Waals surface area contributed by atoms with Gasteiger partial charge in [0.15, 0.2) is 0 Å². The molecule has 2 N–H and O–H groups in total. The van der Waals surface area contributed by atoms with Gasteiger partial charge >= 0.3 is 0 Å². The average Bonchev–Trinajstić information content (AvgIpc) is 3.17. The summed E-state index contributed by atoms with van der Waals surface area (Å²) in [7, 11) is 0. The van der Waals surface area contributed by atoms with Crippen LogP contribution in [0.25, 0.3) is 22.3 Å². The minimum absolute atomic E-state index is 0.622. The van der Waals surface area contributed by atoms with E-state index in [9.17, 15) is 0 Å². The molecule has 1 fully saturated rings. The molecular formula is C18H19N3. The van der Waals surface area contributed by atoms with Gasteiger partial charge in [-0.25, -0.2) is 0 Å². The van der Waals surface area contributed by atoms with Gasteiger partial charge in [0.2, 0.25) is 0 Å². The van der Waals surface area contributed by atoms with E-state index in [2.05, 4.69) is 39.6 Å². The van der Waals surface area contributed by atoms with Crippen molar-refractivity contribution in [3.05, 3.63) is 48.7 Å². The highest BCUT2D eigenvalue weighted by Crippen LogP contribution is 2.30. The summed E-state index contributed by atoms with van der Waals surface area (Å²) in [6, 6.07) is 15.2. The fourth-order valence-electron chi connectivity index (χ4n) is 3.23. The van der Waals surface area contributed by atoms with Crippen molar-refractivity contribution in [2.24, 2.45) is 0 Å². The molecule has 3 aromatic rings. The topological polar surface area (TPSA) is 40.7 Å². The van der Waals surface area contributed by atoms with E-state index in [1.54, 1.807) is 0 Å². The van der Waals surface area contributed by atoms with Gasteiger partial charge in [0.25, 0.3) is 0 Å². The Hall–Kier alpha value is -2.29. The Morgan fingerprint density at radius 3 is 2.76 bits per heavy atom. The van der Waals surface area contributed by atoms with Gasteiger partial charge in [-0.15, -0.1) is 0 Å². The first kappa shape index (κ1) is 12.5. The van der Waals surface area contributed by atoms with E-state index in [-0.39, 0.29) is 0 Å². The van der Waals surface area contributed by atoms with Crippen LogP contribution in [0.2, 0.25) is 0 Å². The molecular weight excluding hydrogens is 258 g/mol. The van der Waals surface area contributed by atoms with Gasteiger partial charge in [0.1, 0.15) is 0 Å². The number of H-pyrrole nitrogens is 1. The number of rotatable bonds is 3. The van der Waals surface area contributed by atoms with Crippen LogP contribution in [0.15, 0.2) is 48.7 Å². The van der Waals surface area contributed by atoms with Crippen molar-refractivity contribution in [3.63, 3.8) is 0 Å². The van der Waals surface area contributed by atoms with Crippen molar-refractivity contribution >= 4 is 16.6 Å². The maximum absolute atomic E-state index is 4.43. The Morgan fingerprint density at radius 2 is 1.95 bits per heavy atom. The maximum Gasteiger partial charge on any atom is 0.0864 e. The normalized spacial score (nSPS) is 15.6. The van der Waals surface area contributed by atoms with Crippen molar-refractivity contribution in [3.8, 4) is 11.4 Å². The number of aromatic amines is 1. The van der Waals surface area contributed by atoms with E-state index in [0.29, 0.717) is 6.04 Å². The predicted octanol–water partition coefficient (Wildman–Crippen LogP) is 4.58. The highest BCUT2D eigenvalue weighted by atomic mass is 14.9. The van der Waals surface area contributed by atoms with Crippen LogP contribution in [-0.2, 0) is 0 Å². The van der Waals surface area contributed by atoms with Gasteiger partial charge in [0.05, 0.1) is 22.6 Å². The summed E-state index contributed by atoms with van der Waals surface area (Å²) >= 11 is 0. The Kier molecular flexibility index (Phi) is 3.11. The molecule has 0 saturated heterocycles. The number of fused-ring (bicyclic) bond motifs is 1. The molecule has 2 aromatic heterocycles. The van der Waals surface area contributed by atoms with Gasteiger partial charge in [0, 0.05) is 17.6 Å². The second-order valence-corrected chi connectivity index (χ2v) is 5.79. The summed E-state index contributed by atoms with van der Waals surface area (Å²) in [6.07, 6.45) is 7.09. The first-order valence-electron chi connectivity index (χ1n) is 7.70. The second kappa shape index (κ2) is 5.24. The number of aromatic nitrogens is 2. The number of benzene rings is 1. The van der Waals surface area contributed by atoms with Gasteiger partial charge in [-0.05, 0) is 37.1 Å². The molecule has 0 atom stereocenters. The summed E-state index contributed by atoms with van der Waals surface area (Å²) in [4.78, 5) is 7.95. The minimum atomic E-state index is 0.622. The molecule has 106 valence electrons. The third-order valence-corrected chi connectivity index (χ3v) is 4.31. The van der Waals surface area contributed by atoms with E-state index in [1.807, 2.05) is 24.4 Å². The summed E-state index contributed by atoms with van der Waals surface area (Å²) < 4.78 is 0. The van der Waals surface area contributed by atoms with Crippen molar-refractivity contribution in [2.75, 3.05) is 5.32 Å². The largest absolute Gasteiger partial charge is 0.381 e. The zero-order valence-electron chi connectivity index (χ0n) is 12.0. The van der Waals surface area contributed by atoms with E-state index < -0.39 is 0 Å². The zero-order valence-corrected chi connectivity index (χ0v) is 12.0. The maximum atomic E-state index is 4.43. The highest BCUT2D eigenvalue weighted by Gasteiger charge is 2.16. The van der Waals surface area contributed by atoms with Crippen LogP contribution < -0.4 is 5.32 Å². The van der Waals surface area contributed by atoms with Gasteiger partial charge in [-0.3, -0.25) is 4.98 Å². The molecule has 3 nitrogen and oxygen atoms in total. The number of pyridine rings is 1. The van der Waals surface area contributed by atoms with Gasteiger partial charge in [-0.2, -0.15) is 0 Å². The van der Waals surface area contributed by atoms with Crippen LogP contribution in [0.1, 0.15) is 25.7 Å². The molecule has 0 amide bonds. The smallest absolute Gasteiger partial charge is 0.0864 e. The number of nitrogens with zero attached hydrogens (tertiary/aromatic N) is 1. The Balaban J connectivity index is 1.73. The molecule has 1 aromatic carbocycles. The third-order valence-electron chi connectivity index (χ3n) is 4.31. The lowest BCUT2D eigenvalue weighted by atomic mass is 10.2. The number of nitrogens with one attached hydrogen (secondary N) is 2. The van der Waals surface area contributed by atoms with Gasteiger partial charge in [-0.1, -0.05) is 31.0 Å². The molecule has 0 bridgehead atoms. The van der Waals surface area contributed by atoms with Crippen molar-refractivity contribution in [1.29, 1.82) is 0 Å². The zero-order chi connectivity index (χ0) is 14.1. The van der Waals surface area contributed by atoms with Crippen LogP contribution in [0.5, 0.6) is 0 Å². The van der Waals surface area contributed by atoms with E-state index in [1.165, 1.54) is 42.3 Å². The summed E-state index contributed by atoms with van der Waals surface area (Å²) in [6.45, 7) is 0. The fourth-order valence-corrected chi connectivity index (χ4v) is 3.23. The van der Waals surface area contributed by atoms with Crippen LogP contribution in [0.3, 0.4) is 0 Å². The lowest BCUT2D eigenvalue weighted by Gasteiger charge is -2.14. The molecule has 1 aliphatic rings. The lowest BCUT2D eigenvalue weighted by molar-refractivity contribution is 0.756. The van der Waals surface area contributed by atoms with Crippen molar-refractivity contribution in [1.82, 2.24) is 9.97 Å². The first-order valence-corrected chi connectivity index (χ1v) is 7.70. The molecule has 21 heavy (non-hydrogen) atoms. The average molecular weight is 277 g/mol. The Morgan fingerprint density at radius 1 is 1.05 bits per heavy atom. The Labute approximate surface area is 124 Å². The van der Waals surface area contributed by atoms with Crippen molar-refractivity contribution in [2.45, 2.75) is 31.7 Å². The number of anilines is 1. The van der Waals surface area contributed by atoms with Crippen LogP contribution in [0, 0.1) is 0 Å². The Bertz CT molecular complexity index is 740. The first-order chi connectivity index (χ1) is 10.4. The summed E-state index contributed by atoms with van der Waals surface area (Å²) in [5, 5.41) is 4.93. The molecule has 1 aliphatic carbocycles. The van der Waals surface area contributed by atoms with Crippen LogP contribution in [0.4, 0.5) is 5.69 Å². The highest BCUT2D eigenvalue weighted by molar-refractivity contribution is 5.94. The number of hydrogen-bond acceptors (Lipinski definition) is 2. The molecule has 4 rings (SSSR count). The SMILES string of the molecule is c1ccc(-c2cc3cccc(NC4CCCC4)c3[nH]2)nc1. The number of hydrogen-bond donors (Lipinski definition) is 2. The second-order valence-electron chi connectivity index (χ2n) is 5.79. The summed E-state index contributed by atoms with van der Waals surface area (Å²) in [5.41, 5.74) is 4.46. The predicted molar refractivity (Wildman–Crippen MR) is 87.4 cm³/mol. The fraction of sp³-hybridized carbons (Fsp3) is 0.278. The lowest BCUT2D eigenvalue weighted by Crippen LogP contribution is -2.14. The van der Waals surface area contributed by atoms with E-state index in [0.717, 1.165) is 11.4 Å². The summed E-state index contributed by atoms with van der Waals surface area (Å²) in [5.74, 6) is 0. The van der Waals surface area contributed by atoms with Crippen LogP contribution >= 0.6 is 0 Å². The molecule has 3 heteroatoms. The van der Waals surface area contributed by atoms with E-state index >= 15 is 0 Å². The van der Waals surface area contributed by atoms with Crippen molar-refractivity contribution < 1.29 is 0 Å². The van der Waals surface area contributed by atoms with E-state index in [4.69, 9.17) is 0 Å². The molecule has 0 spiro atoms. The quantitative estimate of drug-likeness (QED) is 0.735. The third kappa shape index (κ3) is 2.40. The molecule has 0 radical (unpaired) electrons.